The summed E-state index contributed by atoms with van der Waals surface area (Å²) in [5.74, 6) is 1.57. The summed E-state index contributed by atoms with van der Waals surface area (Å²) in [6.07, 6.45) is 7.44. The van der Waals surface area contributed by atoms with E-state index < -0.39 is 0 Å². The first-order valence-corrected chi connectivity index (χ1v) is 10.5. The normalized spacial score (nSPS) is 24.0. The Morgan fingerprint density at radius 1 is 0.926 bits per heavy atom. The lowest BCUT2D eigenvalue weighted by molar-refractivity contribution is -0.134. The van der Waals surface area contributed by atoms with Crippen LogP contribution >= 0.6 is 0 Å². The smallest absolute Gasteiger partial charge is 0.254 e. The van der Waals surface area contributed by atoms with Crippen molar-refractivity contribution in [3.05, 3.63) is 29.8 Å². The Labute approximate surface area is 161 Å². The molecule has 2 aliphatic heterocycles. The SMILES string of the molecule is C[C@H]1CCCCN1C(=O)c1ccc(OC2CCN(C(=O)C3CC3)CC2)cc1. The quantitative estimate of drug-likeness (QED) is 0.815. The lowest BCUT2D eigenvalue weighted by Gasteiger charge is -2.33. The Hall–Kier alpha value is -2.04. The van der Waals surface area contributed by atoms with Gasteiger partial charge in [0, 0.05) is 50.0 Å². The number of benzene rings is 1. The van der Waals surface area contributed by atoms with Gasteiger partial charge < -0.3 is 14.5 Å². The molecule has 0 aromatic heterocycles. The van der Waals surface area contributed by atoms with Crippen molar-refractivity contribution >= 4 is 11.8 Å². The lowest BCUT2D eigenvalue weighted by Crippen LogP contribution is -2.42. The second kappa shape index (κ2) is 7.91. The number of piperidine rings is 2. The van der Waals surface area contributed by atoms with Crippen molar-refractivity contribution in [3.63, 3.8) is 0 Å². The third kappa shape index (κ3) is 4.28. The number of nitrogens with zero attached hydrogens (tertiary/aromatic N) is 2. The zero-order valence-corrected chi connectivity index (χ0v) is 16.2. The maximum absolute atomic E-state index is 12.7. The Kier molecular flexibility index (Phi) is 5.37. The minimum atomic E-state index is 0.126. The molecule has 1 aromatic rings. The van der Waals surface area contributed by atoms with Gasteiger partial charge in [-0.3, -0.25) is 9.59 Å². The van der Waals surface area contributed by atoms with Gasteiger partial charge >= 0.3 is 0 Å². The second-order valence-electron chi connectivity index (χ2n) is 8.28. The monoisotopic (exact) mass is 370 g/mol. The number of carbonyl (C=O) groups is 2. The predicted octanol–water partition coefficient (Wildman–Crippen LogP) is 3.48. The summed E-state index contributed by atoms with van der Waals surface area (Å²) in [4.78, 5) is 28.8. The summed E-state index contributed by atoms with van der Waals surface area (Å²) in [7, 11) is 0. The molecule has 0 bridgehead atoms. The molecule has 146 valence electrons. The van der Waals surface area contributed by atoms with E-state index in [-0.39, 0.29) is 12.0 Å². The highest BCUT2D eigenvalue weighted by atomic mass is 16.5. The first kappa shape index (κ1) is 18.3. The van der Waals surface area contributed by atoms with Crippen LogP contribution in [-0.2, 0) is 4.79 Å². The van der Waals surface area contributed by atoms with E-state index in [1.807, 2.05) is 34.1 Å². The van der Waals surface area contributed by atoms with Crippen LogP contribution in [0.15, 0.2) is 24.3 Å². The van der Waals surface area contributed by atoms with Gasteiger partial charge in [0.2, 0.25) is 5.91 Å². The van der Waals surface area contributed by atoms with Crippen LogP contribution in [0.2, 0.25) is 0 Å². The van der Waals surface area contributed by atoms with E-state index in [1.165, 1.54) is 6.42 Å². The van der Waals surface area contributed by atoms with Crippen LogP contribution in [0.1, 0.15) is 62.2 Å². The van der Waals surface area contributed by atoms with E-state index in [2.05, 4.69) is 6.92 Å². The summed E-state index contributed by atoms with van der Waals surface area (Å²) in [6, 6.07) is 7.90. The van der Waals surface area contributed by atoms with Gasteiger partial charge in [-0.25, -0.2) is 0 Å². The molecule has 1 atom stereocenters. The first-order valence-electron chi connectivity index (χ1n) is 10.5. The van der Waals surface area contributed by atoms with Crippen LogP contribution in [0.3, 0.4) is 0 Å². The molecule has 0 spiro atoms. The maximum atomic E-state index is 12.7. The van der Waals surface area contributed by atoms with E-state index in [9.17, 15) is 9.59 Å². The molecule has 2 amide bonds. The van der Waals surface area contributed by atoms with Gasteiger partial charge in [-0.2, -0.15) is 0 Å². The maximum Gasteiger partial charge on any atom is 0.254 e. The minimum Gasteiger partial charge on any atom is -0.490 e. The number of hydrogen-bond acceptors (Lipinski definition) is 3. The molecule has 27 heavy (non-hydrogen) atoms. The van der Waals surface area contributed by atoms with Crippen LogP contribution in [-0.4, -0.2) is 53.4 Å². The molecule has 1 aromatic carbocycles. The topological polar surface area (TPSA) is 49.9 Å². The molecule has 3 fully saturated rings. The molecule has 5 heteroatoms. The van der Waals surface area contributed by atoms with Crippen molar-refractivity contribution in [3.8, 4) is 5.75 Å². The van der Waals surface area contributed by atoms with Crippen LogP contribution in [0.4, 0.5) is 0 Å². The highest BCUT2D eigenvalue weighted by Crippen LogP contribution is 2.32. The third-order valence-electron chi connectivity index (χ3n) is 6.15. The molecule has 0 radical (unpaired) electrons. The van der Waals surface area contributed by atoms with Gasteiger partial charge in [0.1, 0.15) is 11.9 Å². The summed E-state index contributed by atoms with van der Waals surface area (Å²) in [5, 5.41) is 0. The number of ether oxygens (including phenoxy) is 1. The van der Waals surface area contributed by atoms with Crippen molar-refractivity contribution in [1.82, 2.24) is 9.80 Å². The molecule has 1 aliphatic carbocycles. The molecular weight excluding hydrogens is 340 g/mol. The number of hydrogen-bond donors (Lipinski definition) is 0. The lowest BCUT2D eigenvalue weighted by atomic mass is 10.0. The zero-order chi connectivity index (χ0) is 18.8. The van der Waals surface area contributed by atoms with E-state index in [0.29, 0.717) is 17.9 Å². The van der Waals surface area contributed by atoms with Crippen molar-refractivity contribution in [1.29, 1.82) is 0 Å². The average molecular weight is 370 g/mol. The van der Waals surface area contributed by atoms with Gasteiger partial charge in [-0.1, -0.05) is 0 Å². The van der Waals surface area contributed by atoms with Gasteiger partial charge in [0.05, 0.1) is 0 Å². The molecule has 2 saturated heterocycles. The Bertz CT molecular complexity index is 675. The van der Waals surface area contributed by atoms with E-state index >= 15 is 0 Å². The largest absolute Gasteiger partial charge is 0.490 e. The Morgan fingerprint density at radius 3 is 2.26 bits per heavy atom. The zero-order valence-electron chi connectivity index (χ0n) is 16.2. The first-order chi connectivity index (χ1) is 13.1. The molecule has 5 nitrogen and oxygen atoms in total. The molecule has 4 rings (SSSR count). The van der Waals surface area contributed by atoms with Crippen molar-refractivity contribution < 1.29 is 14.3 Å². The number of rotatable bonds is 4. The van der Waals surface area contributed by atoms with Gasteiger partial charge in [-0.05, 0) is 63.3 Å². The summed E-state index contributed by atoms with van der Waals surface area (Å²) < 4.78 is 6.10. The Morgan fingerprint density at radius 2 is 1.63 bits per heavy atom. The molecule has 3 aliphatic rings. The highest BCUT2D eigenvalue weighted by Gasteiger charge is 2.35. The van der Waals surface area contributed by atoms with Gasteiger partial charge in [0.15, 0.2) is 0 Å². The third-order valence-corrected chi connectivity index (χ3v) is 6.15. The van der Waals surface area contributed by atoms with Crippen LogP contribution in [0.25, 0.3) is 0 Å². The molecule has 1 saturated carbocycles. The van der Waals surface area contributed by atoms with Crippen molar-refractivity contribution in [2.45, 2.75) is 64.0 Å². The minimum absolute atomic E-state index is 0.126. The fourth-order valence-corrected chi connectivity index (χ4v) is 4.22. The summed E-state index contributed by atoms with van der Waals surface area (Å²) in [6.45, 7) is 4.58. The van der Waals surface area contributed by atoms with Crippen LogP contribution in [0.5, 0.6) is 5.75 Å². The molecule has 0 N–H and O–H groups in total. The Balaban J connectivity index is 1.29. The fourth-order valence-electron chi connectivity index (χ4n) is 4.22. The van der Waals surface area contributed by atoms with Gasteiger partial charge in [0.25, 0.3) is 5.91 Å². The molecule has 0 unspecified atom stereocenters. The van der Waals surface area contributed by atoms with E-state index in [4.69, 9.17) is 4.74 Å². The van der Waals surface area contributed by atoms with E-state index in [1.54, 1.807) is 0 Å². The summed E-state index contributed by atoms with van der Waals surface area (Å²) in [5.41, 5.74) is 0.737. The number of carbonyl (C=O) groups excluding carboxylic acids is 2. The highest BCUT2D eigenvalue weighted by molar-refractivity contribution is 5.94. The van der Waals surface area contributed by atoms with Crippen LogP contribution in [0, 0.1) is 5.92 Å². The van der Waals surface area contributed by atoms with E-state index in [0.717, 1.165) is 69.5 Å². The fraction of sp³-hybridized carbons (Fsp3) is 0.636. The van der Waals surface area contributed by atoms with Gasteiger partial charge in [-0.15, -0.1) is 0 Å². The summed E-state index contributed by atoms with van der Waals surface area (Å²) >= 11 is 0. The second-order valence-corrected chi connectivity index (χ2v) is 8.28. The molecule has 2 heterocycles. The average Bonchev–Trinajstić information content (AvgIpc) is 3.54. The van der Waals surface area contributed by atoms with Crippen molar-refractivity contribution in [2.75, 3.05) is 19.6 Å². The molecular formula is C22H30N2O3. The predicted molar refractivity (Wildman–Crippen MR) is 104 cm³/mol. The standard InChI is InChI=1S/C22H30N2O3/c1-16-4-2-3-13-24(16)22(26)18-7-9-19(10-8-18)27-20-11-14-23(15-12-20)21(25)17-5-6-17/h7-10,16-17,20H,2-6,11-15H2,1H3/t16-/m0/s1. The van der Waals surface area contributed by atoms with Crippen LogP contribution < -0.4 is 4.74 Å². The number of amides is 2. The van der Waals surface area contributed by atoms with Crippen molar-refractivity contribution in [2.24, 2.45) is 5.92 Å². The number of likely N-dealkylation sites (tertiary alicyclic amines) is 2.